The lowest BCUT2D eigenvalue weighted by Crippen LogP contribution is -2.63. The van der Waals surface area contributed by atoms with Crippen molar-refractivity contribution in [3.8, 4) is 0 Å². The number of aliphatic hydroxyl groups excluding tert-OH is 1. The Morgan fingerprint density at radius 2 is 2.29 bits per heavy atom. The molecule has 1 saturated heterocycles. The largest absolute Gasteiger partial charge is 0.409 e. The summed E-state index contributed by atoms with van der Waals surface area (Å²) in [7, 11) is 0. The zero-order chi connectivity index (χ0) is 15.0. The first kappa shape index (κ1) is 14.8. The van der Waals surface area contributed by atoms with Gasteiger partial charge in [0, 0.05) is 22.9 Å². The van der Waals surface area contributed by atoms with E-state index in [4.69, 9.17) is 11.6 Å². The lowest BCUT2D eigenvalue weighted by molar-refractivity contribution is -0.102. The fraction of sp³-hybridized carbons (Fsp3) is 0.357. The number of carbonyl (C=O) groups is 1. The third-order valence-corrected chi connectivity index (χ3v) is 5.11. The first-order valence-corrected chi connectivity index (χ1v) is 7.87. The van der Waals surface area contributed by atoms with E-state index in [0.717, 1.165) is 35.7 Å². The van der Waals surface area contributed by atoms with Crippen molar-refractivity contribution in [1.82, 2.24) is 9.60 Å². The highest BCUT2D eigenvalue weighted by molar-refractivity contribution is 8.14. The maximum Gasteiger partial charge on any atom is 0.409 e. The Morgan fingerprint density at radius 3 is 3.00 bits per heavy atom. The van der Waals surface area contributed by atoms with E-state index in [1.807, 2.05) is 0 Å². The van der Waals surface area contributed by atoms with Crippen molar-refractivity contribution in [3.63, 3.8) is 0 Å². The lowest BCUT2D eigenvalue weighted by atomic mass is 10.1. The molecule has 110 valence electrons. The van der Waals surface area contributed by atoms with Crippen LogP contribution in [-0.2, 0) is 4.79 Å². The molecule has 0 aromatic heterocycles. The molecule has 7 heteroatoms. The molecule has 21 heavy (non-hydrogen) atoms. The summed E-state index contributed by atoms with van der Waals surface area (Å²) in [5, 5.41) is 12.2. The predicted molar refractivity (Wildman–Crippen MR) is 81.3 cm³/mol. The van der Waals surface area contributed by atoms with Gasteiger partial charge in [0.25, 0.3) is 0 Å². The van der Waals surface area contributed by atoms with Crippen LogP contribution in [0.4, 0.5) is 10.5 Å². The molecule has 1 aromatic carbocycles. The Labute approximate surface area is 131 Å². The number of fused-ring (bicyclic) bond motifs is 1. The smallest absolute Gasteiger partial charge is 0.373 e. The Bertz CT molecular complexity index is 647. The Kier molecular flexibility index (Phi) is 3.92. The average Bonchev–Trinajstić information content (AvgIpc) is 2.73. The summed E-state index contributed by atoms with van der Waals surface area (Å²) in [6, 6.07) is 5.14. The van der Waals surface area contributed by atoms with Gasteiger partial charge >= 0.3 is 5.24 Å². The molecule has 1 fully saturated rings. The molecule has 2 aliphatic rings. The second kappa shape index (κ2) is 5.57. The molecule has 1 amide bonds. The van der Waals surface area contributed by atoms with Crippen molar-refractivity contribution >= 4 is 40.2 Å². The van der Waals surface area contributed by atoms with Gasteiger partial charge in [-0.1, -0.05) is 16.2 Å². The number of amides is 1. The van der Waals surface area contributed by atoms with Crippen LogP contribution in [0.1, 0.15) is 19.3 Å². The van der Waals surface area contributed by atoms with Crippen LogP contribution in [0.5, 0.6) is 0 Å². The quantitative estimate of drug-likeness (QED) is 0.669. The number of nitrogens with zero attached hydrogens (tertiary/aromatic N) is 2. The number of hydrogen-bond donors (Lipinski definition) is 1. The molecule has 2 unspecified atom stereocenters. The summed E-state index contributed by atoms with van der Waals surface area (Å²) < 4.78 is -0.439. The molecule has 3 rings (SSSR count). The van der Waals surface area contributed by atoms with E-state index in [0.29, 0.717) is 23.7 Å². The fourth-order valence-electron chi connectivity index (χ4n) is 2.89. The molecule has 0 bridgehead atoms. The van der Waals surface area contributed by atoms with Crippen LogP contribution >= 0.6 is 23.4 Å². The molecule has 0 spiro atoms. The number of halogens is 1. The van der Waals surface area contributed by atoms with E-state index in [1.165, 1.54) is 0 Å². The number of hydrogen-bond acceptors (Lipinski definition) is 5. The summed E-state index contributed by atoms with van der Waals surface area (Å²) in [5.41, 5.74) is 0.599. The molecular formula is C14H14ClN2O3S+. The molecule has 0 radical (unpaired) electrons. The first-order chi connectivity index (χ1) is 10.1. The number of rotatable bonds is 2. The summed E-state index contributed by atoms with van der Waals surface area (Å²) in [6.45, 7) is 0.525. The average molecular weight is 326 g/mol. The van der Waals surface area contributed by atoms with Crippen molar-refractivity contribution in [1.29, 1.82) is 0 Å². The second-order valence-corrected chi connectivity index (χ2v) is 6.48. The van der Waals surface area contributed by atoms with Crippen LogP contribution in [0, 0.1) is 0 Å². The van der Waals surface area contributed by atoms with E-state index < -0.39 is 10.8 Å². The highest BCUT2D eigenvalue weighted by Crippen LogP contribution is 2.49. The monoisotopic (exact) mass is 325 g/mol. The minimum absolute atomic E-state index is 0.253. The molecule has 0 saturated carbocycles. The standard InChI is InChI=1S/C14H14ClN2O3S/c15-10-4-5-12-11(9-10)17(7-8-18,14(20)21-12)16-6-2-1-3-13(16)19/h4-5,7,9,13,19H,1-3,6H2/q+1. The van der Waals surface area contributed by atoms with Crippen LogP contribution in [0.25, 0.3) is 0 Å². The maximum absolute atomic E-state index is 12.6. The minimum atomic E-state index is -0.780. The van der Waals surface area contributed by atoms with Gasteiger partial charge in [0.2, 0.25) is 6.20 Å². The molecule has 1 aromatic rings. The lowest BCUT2D eigenvalue weighted by Gasteiger charge is -2.40. The highest BCUT2D eigenvalue weighted by atomic mass is 35.5. The number of carbonyl (C=O) groups excluding carboxylic acids is 2. The molecule has 5 nitrogen and oxygen atoms in total. The van der Waals surface area contributed by atoms with Crippen molar-refractivity contribution < 1.29 is 14.7 Å². The number of thioether (sulfide) groups is 1. The number of aliphatic hydroxyl groups is 1. The first-order valence-electron chi connectivity index (χ1n) is 6.68. The summed E-state index contributed by atoms with van der Waals surface area (Å²) in [5.74, 6) is 1.73. The van der Waals surface area contributed by atoms with Crippen molar-refractivity contribution in [2.45, 2.75) is 30.4 Å². The van der Waals surface area contributed by atoms with E-state index in [-0.39, 0.29) is 5.24 Å². The second-order valence-electron chi connectivity index (χ2n) is 5.05. The van der Waals surface area contributed by atoms with Gasteiger partial charge in [-0.15, -0.1) is 5.01 Å². The Morgan fingerprint density at radius 1 is 1.48 bits per heavy atom. The third-order valence-electron chi connectivity index (χ3n) is 3.85. The van der Waals surface area contributed by atoms with E-state index in [9.17, 15) is 14.7 Å². The van der Waals surface area contributed by atoms with Crippen LogP contribution in [0.2, 0.25) is 5.02 Å². The topological polar surface area (TPSA) is 57.6 Å². The molecule has 2 aliphatic heterocycles. The van der Waals surface area contributed by atoms with Crippen LogP contribution in [0.15, 0.2) is 29.3 Å². The SMILES string of the molecule is O=C=C[N+]1(N2CCCCC2O)C(=O)Sc2ccc(Cl)cc21. The van der Waals surface area contributed by atoms with Gasteiger partial charge in [-0.3, -0.25) is 0 Å². The van der Waals surface area contributed by atoms with E-state index in [1.54, 1.807) is 29.1 Å². The summed E-state index contributed by atoms with van der Waals surface area (Å²) >= 11 is 7.10. The summed E-state index contributed by atoms with van der Waals surface area (Å²) in [6.07, 6.45) is 2.70. The van der Waals surface area contributed by atoms with Gasteiger partial charge in [-0.2, -0.15) is 0 Å². The predicted octanol–water partition coefficient (Wildman–Crippen LogP) is 2.94. The van der Waals surface area contributed by atoms with Crippen LogP contribution < -0.4 is 4.59 Å². The normalized spacial score (nSPS) is 29.0. The molecule has 1 N–H and O–H groups in total. The Hall–Kier alpha value is -1.14. The van der Waals surface area contributed by atoms with E-state index >= 15 is 0 Å². The number of quaternary nitrogens is 1. The van der Waals surface area contributed by atoms with Gasteiger partial charge in [0.15, 0.2) is 17.9 Å². The van der Waals surface area contributed by atoms with Gasteiger partial charge in [0.1, 0.15) is 0 Å². The summed E-state index contributed by atoms with van der Waals surface area (Å²) in [4.78, 5) is 24.4. The maximum atomic E-state index is 12.6. The van der Waals surface area contributed by atoms with Crippen molar-refractivity contribution in [2.75, 3.05) is 6.54 Å². The van der Waals surface area contributed by atoms with Crippen molar-refractivity contribution in [3.05, 3.63) is 29.4 Å². The van der Waals surface area contributed by atoms with Gasteiger partial charge in [-0.05, 0) is 31.4 Å². The highest BCUT2D eigenvalue weighted by Gasteiger charge is 2.55. The molecule has 2 heterocycles. The molecule has 2 atom stereocenters. The zero-order valence-electron chi connectivity index (χ0n) is 11.2. The molecular weight excluding hydrogens is 312 g/mol. The third kappa shape index (κ3) is 2.25. The van der Waals surface area contributed by atoms with Gasteiger partial charge in [-0.25, -0.2) is 9.59 Å². The number of piperidine rings is 1. The molecule has 0 aliphatic carbocycles. The van der Waals surface area contributed by atoms with Gasteiger partial charge < -0.3 is 5.11 Å². The number of benzene rings is 1. The minimum Gasteiger partial charge on any atom is -0.373 e. The van der Waals surface area contributed by atoms with Crippen molar-refractivity contribution in [2.24, 2.45) is 0 Å². The fourth-order valence-corrected chi connectivity index (χ4v) is 4.08. The zero-order valence-corrected chi connectivity index (χ0v) is 12.7. The Balaban J connectivity index is 2.20. The van der Waals surface area contributed by atoms with Crippen LogP contribution in [0.3, 0.4) is 0 Å². The van der Waals surface area contributed by atoms with Gasteiger partial charge in [0.05, 0.1) is 11.4 Å². The van der Waals surface area contributed by atoms with E-state index in [2.05, 4.69) is 0 Å². The van der Waals surface area contributed by atoms with Crippen LogP contribution in [-0.4, -0.2) is 34.1 Å².